The van der Waals surface area contributed by atoms with Gasteiger partial charge in [0.2, 0.25) is 0 Å². The third-order valence-corrected chi connectivity index (χ3v) is 4.44. The van der Waals surface area contributed by atoms with Crippen molar-refractivity contribution in [2.75, 3.05) is 5.73 Å². The van der Waals surface area contributed by atoms with Crippen LogP contribution in [0.25, 0.3) is 11.4 Å². The van der Waals surface area contributed by atoms with Gasteiger partial charge in [0.05, 0.1) is 10.2 Å². The van der Waals surface area contributed by atoms with E-state index in [-0.39, 0.29) is 0 Å². The Bertz CT molecular complexity index is 648. The summed E-state index contributed by atoms with van der Waals surface area (Å²) in [6.45, 7) is 4.20. The Kier molecular flexibility index (Phi) is 3.05. The van der Waals surface area contributed by atoms with E-state index in [4.69, 9.17) is 10.7 Å². The van der Waals surface area contributed by atoms with Crippen molar-refractivity contribution >= 4 is 21.7 Å². The monoisotopic (exact) mass is 317 g/mol. The van der Waals surface area contributed by atoms with Gasteiger partial charge in [-0.3, -0.25) is 0 Å². The molecule has 0 unspecified atom stereocenters. The molecule has 1 heterocycles. The second kappa shape index (κ2) is 4.60. The van der Waals surface area contributed by atoms with Crippen molar-refractivity contribution in [3.05, 3.63) is 39.5 Å². The van der Waals surface area contributed by atoms with Crippen LogP contribution in [0.2, 0.25) is 0 Å². The summed E-state index contributed by atoms with van der Waals surface area (Å²) < 4.78 is 0.864. The molecular formula is C15H16BrN3. The van der Waals surface area contributed by atoms with Crippen LogP contribution in [-0.2, 0) is 0 Å². The molecule has 0 aliphatic heterocycles. The number of hydrogen-bond acceptors (Lipinski definition) is 3. The van der Waals surface area contributed by atoms with Gasteiger partial charge in [-0.1, -0.05) is 12.1 Å². The predicted octanol–water partition coefficient (Wildman–Crippen LogP) is 3.98. The van der Waals surface area contributed by atoms with E-state index >= 15 is 0 Å². The number of nitrogen functional groups attached to an aromatic ring is 1. The van der Waals surface area contributed by atoms with Crippen LogP contribution in [0.4, 0.5) is 5.82 Å². The van der Waals surface area contributed by atoms with E-state index in [1.165, 1.54) is 24.0 Å². The molecular weight excluding hydrogens is 302 g/mol. The fraction of sp³-hybridized carbons (Fsp3) is 0.333. The molecule has 3 nitrogen and oxygen atoms in total. The predicted molar refractivity (Wildman–Crippen MR) is 81.0 cm³/mol. The minimum atomic E-state index is 0.533. The molecule has 0 radical (unpaired) electrons. The first-order chi connectivity index (χ1) is 9.06. The van der Waals surface area contributed by atoms with Crippen molar-refractivity contribution in [2.45, 2.75) is 32.6 Å². The molecule has 2 N–H and O–H groups in total. The summed E-state index contributed by atoms with van der Waals surface area (Å²) >= 11 is 3.50. The highest BCUT2D eigenvalue weighted by molar-refractivity contribution is 9.10. The van der Waals surface area contributed by atoms with Crippen LogP contribution in [0.3, 0.4) is 0 Å². The summed E-state index contributed by atoms with van der Waals surface area (Å²) in [7, 11) is 0. The van der Waals surface area contributed by atoms with Gasteiger partial charge in [0.25, 0.3) is 0 Å². The number of rotatable bonds is 2. The van der Waals surface area contributed by atoms with Gasteiger partial charge >= 0.3 is 0 Å². The molecule has 1 aromatic heterocycles. The fourth-order valence-electron chi connectivity index (χ4n) is 2.12. The highest BCUT2D eigenvalue weighted by Crippen LogP contribution is 2.44. The lowest BCUT2D eigenvalue weighted by atomic mass is 10.1. The van der Waals surface area contributed by atoms with E-state index in [0.29, 0.717) is 11.7 Å². The number of hydrogen-bond donors (Lipinski definition) is 1. The van der Waals surface area contributed by atoms with Gasteiger partial charge in [-0.2, -0.15) is 0 Å². The van der Waals surface area contributed by atoms with Crippen molar-refractivity contribution in [2.24, 2.45) is 0 Å². The summed E-state index contributed by atoms with van der Waals surface area (Å²) in [5.41, 5.74) is 10.6. The van der Waals surface area contributed by atoms with E-state index < -0.39 is 0 Å². The van der Waals surface area contributed by atoms with Crippen LogP contribution in [0, 0.1) is 13.8 Å². The van der Waals surface area contributed by atoms with E-state index in [9.17, 15) is 0 Å². The second-order valence-corrected chi connectivity index (χ2v) is 6.00. The van der Waals surface area contributed by atoms with Crippen LogP contribution in [0.15, 0.2) is 22.7 Å². The summed E-state index contributed by atoms with van der Waals surface area (Å²) in [5.74, 6) is 1.81. The summed E-state index contributed by atoms with van der Waals surface area (Å²) in [4.78, 5) is 9.10. The maximum Gasteiger partial charge on any atom is 0.161 e. The molecule has 0 bridgehead atoms. The lowest BCUT2D eigenvalue weighted by Crippen LogP contribution is -2.02. The summed E-state index contributed by atoms with van der Waals surface area (Å²) in [6.07, 6.45) is 2.39. The first-order valence-corrected chi connectivity index (χ1v) is 7.26. The quantitative estimate of drug-likeness (QED) is 0.911. The summed E-state index contributed by atoms with van der Waals surface area (Å²) in [6, 6.07) is 6.28. The number of aromatic nitrogens is 2. The number of aryl methyl sites for hydroxylation is 2. The van der Waals surface area contributed by atoms with Crippen LogP contribution >= 0.6 is 15.9 Å². The number of anilines is 1. The number of nitrogens with two attached hydrogens (primary N) is 1. The topological polar surface area (TPSA) is 51.8 Å². The first kappa shape index (κ1) is 12.6. The molecule has 1 aliphatic carbocycles. The SMILES string of the molecule is Cc1ccc(-c2nc(N)c(Br)c(C3CC3)n2)cc1C. The standard InChI is InChI=1S/C15H16BrN3/c1-8-3-4-11(7-9(8)2)15-18-13(10-5-6-10)12(16)14(17)19-15/h3-4,7,10H,5-6H2,1-2H3,(H2,17,18,19). The molecule has 98 valence electrons. The van der Waals surface area contributed by atoms with Crippen molar-refractivity contribution in [1.82, 2.24) is 9.97 Å². The van der Waals surface area contributed by atoms with Crippen LogP contribution in [-0.4, -0.2) is 9.97 Å². The van der Waals surface area contributed by atoms with E-state index in [2.05, 4.69) is 53.0 Å². The summed E-state index contributed by atoms with van der Waals surface area (Å²) in [5, 5.41) is 0. The molecule has 2 aromatic rings. The van der Waals surface area contributed by atoms with Crippen LogP contribution in [0.1, 0.15) is 35.6 Å². The average Bonchev–Trinajstić information content (AvgIpc) is 3.20. The van der Waals surface area contributed by atoms with E-state index in [1.807, 2.05) is 0 Å². The molecule has 0 atom stereocenters. The zero-order valence-electron chi connectivity index (χ0n) is 11.1. The third-order valence-electron chi connectivity index (χ3n) is 3.63. The highest BCUT2D eigenvalue weighted by atomic mass is 79.9. The number of benzene rings is 1. The molecule has 3 rings (SSSR count). The van der Waals surface area contributed by atoms with Crippen molar-refractivity contribution in [3.8, 4) is 11.4 Å². The normalized spacial score (nSPS) is 14.7. The number of halogens is 1. The van der Waals surface area contributed by atoms with Crippen molar-refractivity contribution in [1.29, 1.82) is 0 Å². The van der Waals surface area contributed by atoms with Gasteiger partial charge < -0.3 is 5.73 Å². The van der Waals surface area contributed by atoms with Gasteiger partial charge in [0.1, 0.15) is 5.82 Å². The lowest BCUT2D eigenvalue weighted by molar-refractivity contribution is 0.984. The zero-order valence-corrected chi connectivity index (χ0v) is 12.7. The van der Waals surface area contributed by atoms with Gasteiger partial charge in [-0.15, -0.1) is 0 Å². The second-order valence-electron chi connectivity index (χ2n) is 5.20. The average molecular weight is 318 g/mol. The lowest BCUT2D eigenvalue weighted by Gasteiger charge is -2.09. The molecule has 1 aliphatic rings. The Labute approximate surface area is 121 Å². The Morgan fingerprint density at radius 3 is 2.53 bits per heavy atom. The third kappa shape index (κ3) is 2.37. The van der Waals surface area contributed by atoms with Crippen molar-refractivity contribution in [3.63, 3.8) is 0 Å². The molecule has 0 saturated heterocycles. The molecule has 19 heavy (non-hydrogen) atoms. The molecule has 0 amide bonds. The smallest absolute Gasteiger partial charge is 0.161 e. The minimum Gasteiger partial charge on any atom is -0.383 e. The molecule has 4 heteroatoms. The van der Waals surface area contributed by atoms with E-state index in [0.717, 1.165) is 21.6 Å². The Morgan fingerprint density at radius 2 is 1.89 bits per heavy atom. The molecule has 0 spiro atoms. The van der Waals surface area contributed by atoms with Gasteiger partial charge in [-0.25, -0.2) is 9.97 Å². The maximum absolute atomic E-state index is 5.99. The maximum atomic E-state index is 5.99. The minimum absolute atomic E-state index is 0.533. The molecule has 1 fully saturated rings. The largest absolute Gasteiger partial charge is 0.383 e. The molecule has 1 aromatic carbocycles. The molecule has 1 saturated carbocycles. The van der Waals surface area contributed by atoms with Gasteiger partial charge in [-0.05, 0) is 59.8 Å². The number of nitrogens with zero attached hydrogens (tertiary/aromatic N) is 2. The van der Waals surface area contributed by atoms with Gasteiger partial charge in [0.15, 0.2) is 5.82 Å². The van der Waals surface area contributed by atoms with Crippen molar-refractivity contribution < 1.29 is 0 Å². The fourth-order valence-corrected chi connectivity index (χ4v) is 2.62. The first-order valence-electron chi connectivity index (χ1n) is 6.47. The van der Waals surface area contributed by atoms with Gasteiger partial charge in [0, 0.05) is 11.5 Å². The Morgan fingerprint density at radius 1 is 1.16 bits per heavy atom. The Balaban J connectivity index is 2.11. The van der Waals surface area contributed by atoms with E-state index in [1.54, 1.807) is 0 Å². The highest BCUT2D eigenvalue weighted by Gasteiger charge is 2.29. The van der Waals surface area contributed by atoms with Crippen LogP contribution < -0.4 is 5.73 Å². The van der Waals surface area contributed by atoms with Crippen LogP contribution in [0.5, 0.6) is 0 Å². The Hall–Kier alpha value is -1.42. The zero-order chi connectivity index (χ0) is 13.6.